The molecular formula is C11H9N3. The van der Waals surface area contributed by atoms with Gasteiger partial charge >= 0.3 is 0 Å². The van der Waals surface area contributed by atoms with Crippen LogP contribution in [0.4, 0.5) is 5.82 Å². The molecule has 0 aliphatic heterocycles. The van der Waals surface area contributed by atoms with E-state index >= 15 is 0 Å². The topological polar surface area (TPSA) is 51.8 Å². The molecular weight excluding hydrogens is 174 g/mol. The molecule has 0 atom stereocenters. The fraction of sp³-hybridized carbons (Fsp3) is 0.0909. The Labute approximate surface area is 81.6 Å². The van der Waals surface area contributed by atoms with Crippen LogP contribution in [0, 0.1) is 0 Å². The third kappa shape index (κ3) is 0.865. The fourth-order valence-corrected chi connectivity index (χ4v) is 1.93. The van der Waals surface area contributed by atoms with Crippen LogP contribution < -0.4 is 5.73 Å². The van der Waals surface area contributed by atoms with E-state index in [0.717, 1.165) is 17.7 Å². The van der Waals surface area contributed by atoms with Crippen molar-refractivity contribution in [1.29, 1.82) is 0 Å². The zero-order valence-electron chi connectivity index (χ0n) is 7.57. The van der Waals surface area contributed by atoms with Gasteiger partial charge in [-0.3, -0.25) is 0 Å². The lowest BCUT2D eigenvalue weighted by Crippen LogP contribution is -1.97. The molecule has 0 spiro atoms. The molecule has 0 bridgehead atoms. The number of nitrogen functional groups attached to an aromatic ring is 1. The van der Waals surface area contributed by atoms with Gasteiger partial charge in [0.1, 0.15) is 12.1 Å². The van der Waals surface area contributed by atoms with Gasteiger partial charge in [0.15, 0.2) is 0 Å². The van der Waals surface area contributed by atoms with Crippen molar-refractivity contribution in [3.05, 3.63) is 41.7 Å². The molecule has 1 aliphatic carbocycles. The fourth-order valence-electron chi connectivity index (χ4n) is 1.93. The summed E-state index contributed by atoms with van der Waals surface area (Å²) in [5.74, 6) is 0.603. The van der Waals surface area contributed by atoms with Crippen molar-refractivity contribution in [1.82, 2.24) is 9.97 Å². The summed E-state index contributed by atoms with van der Waals surface area (Å²) in [5, 5.41) is 0. The number of rotatable bonds is 0. The third-order valence-electron chi connectivity index (χ3n) is 2.62. The first kappa shape index (κ1) is 7.50. The molecule has 3 rings (SSSR count). The van der Waals surface area contributed by atoms with Gasteiger partial charge in [-0.1, -0.05) is 24.3 Å². The summed E-state index contributed by atoms with van der Waals surface area (Å²) in [6.45, 7) is 0. The monoisotopic (exact) mass is 183 g/mol. The summed E-state index contributed by atoms with van der Waals surface area (Å²) in [6, 6.07) is 8.24. The zero-order chi connectivity index (χ0) is 9.54. The number of nitrogens with two attached hydrogens (primary N) is 1. The van der Waals surface area contributed by atoms with Gasteiger partial charge in [-0.25, -0.2) is 9.97 Å². The molecule has 1 aromatic carbocycles. The van der Waals surface area contributed by atoms with E-state index in [1.165, 1.54) is 17.5 Å². The number of nitrogens with zero attached hydrogens (tertiary/aromatic N) is 2. The minimum absolute atomic E-state index is 0.603. The van der Waals surface area contributed by atoms with Crippen molar-refractivity contribution in [2.24, 2.45) is 0 Å². The summed E-state index contributed by atoms with van der Waals surface area (Å²) >= 11 is 0. The van der Waals surface area contributed by atoms with Crippen molar-refractivity contribution in [2.75, 3.05) is 5.73 Å². The van der Waals surface area contributed by atoms with Crippen LogP contribution in [0.25, 0.3) is 11.3 Å². The highest BCUT2D eigenvalue weighted by Crippen LogP contribution is 2.36. The first-order chi connectivity index (χ1) is 6.86. The lowest BCUT2D eigenvalue weighted by molar-refractivity contribution is 1.13. The molecule has 3 heteroatoms. The number of hydrogen-bond acceptors (Lipinski definition) is 3. The predicted octanol–water partition coefficient (Wildman–Crippen LogP) is 1.63. The van der Waals surface area contributed by atoms with Crippen molar-refractivity contribution in [2.45, 2.75) is 6.42 Å². The van der Waals surface area contributed by atoms with Gasteiger partial charge in [0.05, 0.1) is 5.69 Å². The van der Waals surface area contributed by atoms with Crippen LogP contribution in [0.15, 0.2) is 30.6 Å². The Balaban J connectivity index is 2.33. The summed E-state index contributed by atoms with van der Waals surface area (Å²) in [5.41, 5.74) is 10.3. The molecule has 0 radical (unpaired) electrons. The SMILES string of the molecule is Nc1ncnc2c1Cc1ccccc1-2. The van der Waals surface area contributed by atoms with Crippen LogP contribution in [-0.4, -0.2) is 9.97 Å². The van der Waals surface area contributed by atoms with E-state index in [1.54, 1.807) is 0 Å². The number of benzene rings is 1. The average molecular weight is 183 g/mol. The Morgan fingerprint density at radius 2 is 2.00 bits per heavy atom. The highest BCUT2D eigenvalue weighted by molar-refractivity contribution is 5.76. The highest BCUT2D eigenvalue weighted by atomic mass is 14.9. The van der Waals surface area contributed by atoms with Gasteiger partial charge in [0, 0.05) is 17.5 Å². The van der Waals surface area contributed by atoms with Crippen molar-refractivity contribution in [3.63, 3.8) is 0 Å². The summed E-state index contributed by atoms with van der Waals surface area (Å²) in [6.07, 6.45) is 2.38. The first-order valence-corrected chi connectivity index (χ1v) is 4.54. The van der Waals surface area contributed by atoms with Crippen LogP contribution in [0.2, 0.25) is 0 Å². The van der Waals surface area contributed by atoms with Gasteiger partial charge in [-0.05, 0) is 5.56 Å². The van der Waals surface area contributed by atoms with Crippen LogP contribution in [-0.2, 0) is 6.42 Å². The second-order valence-corrected chi connectivity index (χ2v) is 3.42. The molecule has 0 unspecified atom stereocenters. The van der Waals surface area contributed by atoms with E-state index in [4.69, 9.17) is 5.73 Å². The Hall–Kier alpha value is -1.90. The maximum absolute atomic E-state index is 5.80. The average Bonchev–Trinajstić information content (AvgIpc) is 2.59. The van der Waals surface area contributed by atoms with Crippen molar-refractivity contribution >= 4 is 5.82 Å². The highest BCUT2D eigenvalue weighted by Gasteiger charge is 2.21. The second-order valence-electron chi connectivity index (χ2n) is 3.42. The molecule has 1 heterocycles. The van der Waals surface area contributed by atoms with Crippen molar-refractivity contribution < 1.29 is 0 Å². The van der Waals surface area contributed by atoms with E-state index in [2.05, 4.69) is 22.1 Å². The van der Waals surface area contributed by atoms with Crippen molar-refractivity contribution in [3.8, 4) is 11.3 Å². The van der Waals surface area contributed by atoms with Crippen LogP contribution >= 0.6 is 0 Å². The van der Waals surface area contributed by atoms with E-state index in [0.29, 0.717) is 5.82 Å². The molecule has 0 saturated carbocycles. The predicted molar refractivity (Wildman–Crippen MR) is 54.7 cm³/mol. The van der Waals surface area contributed by atoms with E-state index in [1.807, 2.05) is 12.1 Å². The summed E-state index contributed by atoms with van der Waals surface area (Å²) in [4.78, 5) is 8.27. The smallest absolute Gasteiger partial charge is 0.130 e. The molecule has 0 saturated heterocycles. The Morgan fingerprint density at radius 1 is 1.14 bits per heavy atom. The van der Waals surface area contributed by atoms with Gasteiger partial charge < -0.3 is 5.73 Å². The van der Waals surface area contributed by atoms with Crippen LogP contribution in [0.3, 0.4) is 0 Å². The number of hydrogen-bond donors (Lipinski definition) is 1. The molecule has 2 aromatic rings. The molecule has 0 amide bonds. The van der Waals surface area contributed by atoms with Gasteiger partial charge in [-0.15, -0.1) is 0 Å². The van der Waals surface area contributed by atoms with Gasteiger partial charge in [0.2, 0.25) is 0 Å². The minimum Gasteiger partial charge on any atom is -0.383 e. The number of aromatic nitrogens is 2. The molecule has 2 N–H and O–H groups in total. The van der Waals surface area contributed by atoms with Crippen LogP contribution in [0.1, 0.15) is 11.1 Å². The van der Waals surface area contributed by atoms with E-state index < -0.39 is 0 Å². The molecule has 68 valence electrons. The number of fused-ring (bicyclic) bond motifs is 3. The third-order valence-corrected chi connectivity index (χ3v) is 2.62. The minimum atomic E-state index is 0.603. The largest absolute Gasteiger partial charge is 0.383 e. The van der Waals surface area contributed by atoms with E-state index in [-0.39, 0.29) is 0 Å². The maximum Gasteiger partial charge on any atom is 0.130 e. The molecule has 14 heavy (non-hydrogen) atoms. The van der Waals surface area contributed by atoms with Crippen LogP contribution in [0.5, 0.6) is 0 Å². The quantitative estimate of drug-likeness (QED) is 0.576. The summed E-state index contributed by atoms with van der Waals surface area (Å²) in [7, 11) is 0. The Bertz CT molecular complexity index is 506. The molecule has 3 nitrogen and oxygen atoms in total. The Kier molecular flexibility index (Phi) is 1.36. The lowest BCUT2D eigenvalue weighted by atomic mass is 10.1. The number of anilines is 1. The second kappa shape index (κ2) is 2.54. The first-order valence-electron chi connectivity index (χ1n) is 4.54. The normalized spacial score (nSPS) is 12.3. The molecule has 1 aliphatic rings. The van der Waals surface area contributed by atoms with Gasteiger partial charge in [-0.2, -0.15) is 0 Å². The lowest BCUT2D eigenvalue weighted by Gasteiger charge is -1.99. The zero-order valence-corrected chi connectivity index (χ0v) is 7.57. The standard InChI is InChI=1S/C11H9N3/c12-11-9-5-7-3-1-2-4-8(7)10(9)13-6-14-11/h1-4,6H,5H2,(H2,12,13,14). The molecule has 0 fully saturated rings. The molecule has 1 aromatic heterocycles. The Morgan fingerprint density at radius 3 is 2.93 bits per heavy atom. The maximum atomic E-state index is 5.80. The van der Waals surface area contributed by atoms with E-state index in [9.17, 15) is 0 Å². The van der Waals surface area contributed by atoms with Gasteiger partial charge in [0.25, 0.3) is 0 Å². The summed E-state index contributed by atoms with van der Waals surface area (Å²) < 4.78 is 0.